The number of nitrogens with zero attached hydrogens (tertiary/aromatic N) is 5. The van der Waals surface area contributed by atoms with Crippen molar-refractivity contribution >= 4 is 35.6 Å². The number of carbonyl (C=O) groups is 1. The number of rotatable bonds is 4. The zero-order valence-electron chi connectivity index (χ0n) is 14.8. The van der Waals surface area contributed by atoms with Crippen molar-refractivity contribution in [1.29, 1.82) is 5.26 Å². The maximum atomic E-state index is 12.9. The predicted molar refractivity (Wildman–Crippen MR) is 100 cm³/mol. The Kier molecular flexibility index (Phi) is 4.63. The van der Waals surface area contributed by atoms with Crippen LogP contribution in [-0.4, -0.2) is 27.2 Å². The summed E-state index contributed by atoms with van der Waals surface area (Å²) in [5.74, 6) is 1.50. The van der Waals surface area contributed by atoms with Gasteiger partial charge in [0.15, 0.2) is 5.82 Å². The van der Waals surface area contributed by atoms with Gasteiger partial charge in [0.2, 0.25) is 5.91 Å². The van der Waals surface area contributed by atoms with Crippen molar-refractivity contribution in [2.24, 2.45) is 18.4 Å². The molecular formula is C18H21ClN6O. The first-order valence-corrected chi connectivity index (χ1v) is 8.50. The normalized spacial score (nSPS) is 22.0. The van der Waals surface area contributed by atoms with Crippen LogP contribution in [0.2, 0.25) is 0 Å². The molecule has 136 valence electrons. The largest absolute Gasteiger partial charge is 0.323 e. The molecule has 1 saturated carbocycles. The molecule has 2 aliphatic rings. The zero-order valence-corrected chi connectivity index (χ0v) is 15.6. The number of hydrogen-bond donors (Lipinski definition) is 1. The first-order valence-electron chi connectivity index (χ1n) is 8.50. The lowest BCUT2D eigenvalue weighted by atomic mass is 9.83. The van der Waals surface area contributed by atoms with Crippen molar-refractivity contribution in [3.63, 3.8) is 0 Å². The van der Waals surface area contributed by atoms with Crippen molar-refractivity contribution in [2.45, 2.75) is 26.2 Å². The van der Waals surface area contributed by atoms with Crippen molar-refractivity contribution in [2.75, 3.05) is 16.8 Å². The molecule has 0 radical (unpaired) electrons. The lowest BCUT2D eigenvalue weighted by Gasteiger charge is -2.21. The summed E-state index contributed by atoms with van der Waals surface area (Å²) in [6.45, 7) is 2.55. The van der Waals surface area contributed by atoms with Gasteiger partial charge in [0.1, 0.15) is 11.2 Å². The van der Waals surface area contributed by atoms with E-state index in [2.05, 4.69) is 21.5 Å². The number of nitrogens with one attached hydrogen (secondary N) is 1. The Morgan fingerprint density at radius 3 is 2.73 bits per heavy atom. The number of hydrogen-bond acceptors (Lipinski definition) is 5. The molecule has 2 aromatic rings. The molecular weight excluding hydrogens is 352 g/mol. The molecule has 7 nitrogen and oxygen atoms in total. The first-order chi connectivity index (χ1) is 12.0. The van der Waals surface area contributed by atoms with E-state index in [4.69, 9.17) is 0 Å². The van der Waals surface area contributed by atoms with Gasteiger partial charge in [-0.25, -0.2) is 4.98 Å². The van der Waals surface area contributed by atoms with Gasteiger partial charge in [-0.15, -0.1) is 12.4 Å². The van der Waals surface area contributed by atoms with Gasteiger partial charge in [-0.2, -0.15) is 10.4 Å². The van der Waals surface area contributed by atoms with E-state index in [1.807, 2.05) is 32.2 Å². The Labute approximate surface area is 158 Å². The minimum Gasteiger partial charge on any atom is -0.323 e. The molecule has 1 saturated heterocycles. The Morgan fingerprint density at radius 2 is 2.12 bits per heavy atom. The van der Waals surface area contributed by atoms with Crippen molar-refractivity contribution in [3.8, 4) is 6.07 Å². The summed E-state index contributed by atoms with van der Waals surface area (Å²) in [7, 11) is 1.88. The third kappa shape index (κ3) is 2.90. The molecule has 2 fully saturated rings. The second-order valence-corrected chi connectivity index (χ2v) is 6.88. The van der Waals surface area contributed by atoms with Crippen LogP contribution in [0.3, 0.4) is 0 Å². The van der Waals surface area contributed by atoms with Crippen LogP contribution in [-0.2, 0) is 11.8 Å². The molecule has 0 unspecified atom stereocenters. The minimum absolute atomic E-state index is 0. The summed E-state index contributed by atoms with van der Waals surface area (Å²) in [5, 5.41) is 17.1. The van der Waals surface area contributed by atoms with E-state index < -0.39 is 5.41 Å². The standard InChI is InChI=1S/C18H20N6O.ClH/c1-12-9-16(22-23(12)2)21-15-10-14(5-7-20-15)24-8-6-18(11-19,17(24)25)13-3-4-13;/h5,7,9-10,13H,3-4,6,8H2,1-2H3,(H,20,21,22);1H/t18-;/m1./s1. The summed E-state index contributed by atoms with van der Waals surface area (Å²) in [5.41, 5.74) is 0.985. The monoisotopic (exact) mass is 372 g/mol. The second kappa shape index (κ2) is 6.61. The summed E-state index contributed by atoms with van der Waals surface area (Å²) in [6.07, 6.45) is 4.24. The van der Waals surface area contributed by atoms with Gasteiger partial charge in [0, 0.05) is 43.3 Å². The molecule has 1 N–H and O–H groups in total. The third-order valence-corrected chi connectivity index (χ3v) is 5.26. The van der Waals surface area contributed by atoms with Crippen LogP contribution in [0.25, 0.3) is 0 Å². The van der Waals surface area contributed by atoms with Gasteiger partial charge >= 0.3 is 0 Å². The average molecular weight is 373 g/mol. The molecule has 8 heteroatoms. The molecule has 4 rings (SSSR count). The number of anilines is 3. The molecule has 0 spiro atoms. The lowest BCUT2D eigenvalue weighted by molar-refractivity contribution is -0.123. The first kappa shape index (κ1) is 18.2. The Morgan fingerprint density at radius 1 is 1.35 bits per heavy atom. The SMILES string of the molecule is Cc1cc(Nc2cc(N3CC[C@@](C#N)(C4CC4)C3=O)ccn2)nn1C.Cl. The number of pyridine rings is 1. The van der Waals surface area contributed by atoms with E-state index in [0.717, 1.165) is 24.2 Å². The van der Waals surface area contributed by atoms with E-state index in [-0.39, 0.29) is 24.2 Å². The van der Waals surface area contributed by atoms with Crippen LogP contribution < -0.4 is 10.2 Å². The van der Waals surface area contributed by atoms with E-state index in [1.165, 1.54) is 0 Å². The zero-order chi connectivity index (χ0) is 17.6. The van der Waals surface area contributed by atoms with Gasteiger partial charge in [0.25, 0.3) is 0 Å². The number of carbonyl (C=O) groups excluding carboxylic acids is 1. The Hall–Kier alpha value is -2.59. The molecule has 1 aliphatic heterocycles. The van der Waals surface area contributed by atoms with Crippen molar-refractivity contribution in [3.05, 3.63) is 30.1 Å². The van der Waals surface area contributed by atoms with Crippen LogP contribution in [0.15, 0.2) is 24.4 Å². The predicted octanol–water partition coefficient (Wildman–Crippen LogP) is 2.95. The van der Waals surface area contributed by atoms with Crippen LogP contribution in [0.1, 0.15) is 25.0 Å². The van der Waals surface area contributed by atoms with E-state index >= 15 is 0 Å². The average Bonchev–Trinajstić information content (AvgIpc) is 3.33. The fourth-order valence-electron chi connectivity index (χ4n) is 3.54. The maximum Gasteiger partial charge on any atom is 0.247 e. The minimum atomic E-state index is -0.824. The quantitative estimate of drug-likeness (QED) is 0.891. The highest BCUT2D eigenvalue weighted by Crippen LogP contribution is 2.51. The molecule has 3 heterocycles. The molecule has 26 heavy (non-hydrogen) atoms. The highest BCUT2D eigenvalue weighted by molar-refractivity contribution is 6.02. The van der Waals surface area contributed by atoms with E-state index in [0.29, 0.717) is 24.6 Å². The number of aromatic nitrogens is 3. The van der Waals surface area contributed by atoms with Crippen LogP contribution >= 0.6 is 12.4 Å². The Balaban J connectivity index is 0.00000196. The molecule has 0 bridgehead atoms. The lowest BCUT2D eigenvalue weighted by Crippen LogP contribution is -2.35. The van der Waals surface area contributed by atoms with Crippen LogP contribution in [0.4, 0.5) is 17.3 Å². The maximum absolute atomic E-state index is 12.9. The molecule has 1 aliphatic carbocycles. The topological polar surface area (TPSA) is 86.8 Å². The summed E-state index contributed by atoms with van der Waals surface area (Å²) < 4.78 is 1.78. The summed E-state index contributed by atoms with van der Waals surface area (Å²) >= 11 is 0. The fraction of sp³-hybridized carbons (Fsp3) is 0.444. The van der Waals surface area contributed by atoms with Crippen LogP contribution in [0.5, 0.6) is 0 Å². The number of halogens is 1. The molecule has 0 aromatic carbocycles. The number of aryl methyl sites for hydroxylation is 2. The van der Waals surface area contributed by atoms with Gasteiger partial charge < -0.3 is 10.2 Å². The third-order valence-electron chi connectivity index (χ3n) is 5.26. The second-order valence-electron chi connectivity index (χ2n) is 6.88. The van der Waals surface area contributed by atoms with Gasteiger partial charge in [-0.1, -0.05) is 0 Å². The highest BCUT2D eigenvalue weighted by atomic mass is 35.5. The van der Waals surface area contributed by atoms with Crippen LogP contribution in [0, 0.1) is 29.6 Å². The smallest absolute Gasteiger partial charge is 0.247 e. The summed E-state index contributed by atoms with van der Waals surface area (Å²) in [4.78, 5) is 18.9. The fourth-order valence-corrected chi connectivity index (χ4v) is 3.54. The number of amides is 1. The summed E-state index contributed by atoms with van der Waals surface area (Å²) in [6, 6.07) is 7.90. The van der Waals surface area contributed by atoms with Crippen molar-refractivity contribution < 1.29 is 4.79 Å². The van der Waals surface area contributed by atoms with Crippen molar-refractivity contribution in [1.82, 2.24) is 14.8 Å². The van der Waals surface area contributed by atoms with E-state index in [9.17, 15) is 10.1 Å². The highest BCUT2D eigenvalue weighted by Gasteiger charge is 2.56. The van der Waals surface area contributed by atoms with Gasteiger partial charge in [-0.05, 0) is 38.2 Å². The molecule has 1 amide bonds. The Bertz CT molecular complexity index is 865. The van der Waals surface area contributed by atoms with E-state index in [1.54, 1.807) is 15.8 Å². The molecule has 1 atom stereocenters. The molecule has 2 aromatic heterocycles. The number of nitriles is 1. The van der Waals surface area contributed by atoms with Gasteiger partial charge in [-0.3, -0.25) is 9.48 Å². The van der Waals surface area contributed by atoms with Gasteiger partial charge in [0.05, 0.1) is 6.07 Å².